The van der Waals surface area contributed by atoms with Crippen molar-refractivity contribution in [3.05, 3.63) is 24.3 Å². The van der Waals surface area contributed by atoms with Gasteiger partial charge in [-0.1, -0.05) is 22.6 Å². The smallest absolute Gasteiger partial charge is 0.691 e. The zero-order valence-corrected chi connectivity index (χ0v) is 13.9. The molecule has 0 aliphatic heterocycles. The van der Waals surface area contributed by atoms with Gasteiger partial charge in [-0.2, -0.15) is 4.33 Å². The Balaban J connectivity index is 0.00000196. The van der Waals surface area contributed by atoms with E-state index < -0.39 is 0 Å². The molecule has 0 saturated heterocycles. The zero-order valence-electron chi connectivity index (χ0n) is 8.14. The van der Waals surface area contributed by atoms with Gasteiger partial charge in [0.25, 0.3) is 0 Å². The van der Waals surface area contributed by atoms with Gasteiger partial charge in [0.05, 0.1) is 12.0 Å². The molecule has 3 nitrogen and oxygen atoms in total. The summed E-state index contributed by atoms with van der Waals surface area (Å²) in [5.41, 5.74) is 0. The Labute approximate surface area is 133 Å². The van der Waals surface area contributed by atoms with Crippen LogP contribution in [0.4, 0.5) is 0 Å². The molecule has 0 bridgehead atoms. The van der Waals surface area contributed by atoms with E-state index in [4.69, 9.17) is 0 Å². The van der Waals surface area contributed by atoms with Gasteiger partial charge in [0.1, 0.15) is 0 Å². The predicted molar refractivity (Wildman–Crippen MR) is 64.1 cm³/mol. The van der Waals surface area contributed by atoms with Crippen molar-refractivity contribution < 1.29 is 44.2 Å². The van der Waals surface area contributed by atoms with E-state index in [1.54, 1.807) is 11.8 Å². The maximum atomic E-state index is 9.56. The normalized spacial score (nSPS) is 9.73. The molecule has 0 radical (unpaired) electrons. The molecule has 0 aromatic heterocycles. The molecule has 0 saturated carbocycles. The summed E-state index contributed by atoms with van der Waals surface area (Å²) in [7, 11) is 0. The average Bonchev–Trinajstić information content (AvgIpc) is 2.25. The van der Waals surface area contributed by atoms with Crippen LogP contribution in [0.3, 0.4) is 0 Å². The number of hydrogen-bond acceptors (Lipinski definition) is 5. The van der Waals surface area contributed by atoms with Gasteiger partial charge in [0, 0.05) is 20.0 Å². The Morgan fingerprint density at radius 2 is 1.80 bits per heavy atom. The molecule has 0 spiro atoms. The number of rotatable bonds is 6. The first-order chi connectivity index (χ1) is 6.86. The number of hydrogen-bond donors (Lipinski definition) is 0. The molecule has 0 aliphatic carbocycles. The van der Waals surface area contributed by atoms with Crippen LogP contribution in [-0.4, -0.2) is 10.2 Å². The van der Waals surface area contributed by atoms with Gasteiger partial charge in [0.15, 0.2) is 0 Å². The molecule has 0 heterocycles. The van der Waals surface area contributed by atoms with E-state index in [2.05, 4.69) is 32.0 Å². The van der Waals surface area contributed by atoms with E-state index in [1.165, 1.54) is 4.90 Å². The van der Waals surface area contributed by atoms with Gasteiger partial charge < -0.3 is 5.26 Å². The molecule has 78 valence electrons. The van der Waals surface area contributed by atoms with Crippen LogP contribution in [0.25, 0.3) is 0 Å². The van der Waals surface area contributed by atoms with Crippen molar-refractivity contribution in [2.45, 2.75) is 9.79 Å². The molecule has 15 heavy (non-hydrogen) atoms. The van der Waals surface area contributed by atoms with Gasteiger partial charge in [-0.3, -0.25) is 5.04 Å². The van der Waals surface area contributed by atoms with Crippen molar-refractivity contribution in [2.75, 3.05) is 10.2 Å². The Hall–Kier alpha value is 1.53. The van der Waals surface area contributed by atoms with Crippen LogP contribution in [-0.2, 0) is 9.37 Å². The third-order valence-corrected chi connectivity index (χ3v) is 4.20. The van der Waals surface area contributed by atoms with Crippen LogP contribution < -0.4 is 34.8 Å². The zero-order chi connectivity index (χ0) is 10.2. The second kappa shape index (κ2) is 10.7. The standard InChI is InChI=1S/C8H9IO3S2.Na/c9-5-6-13-7-1-3-8(4-2-7)14-12-11-10;/h1-4,10H,5-6H2;/q;+1/p-1. The van der Waals surface area contributed by atoms with Crippen molar-refractivity contribution in [2.24, 2.45) is 0 Å². The summed E-state index contributed by atoms with van der Waals surface area (Å²) in [6.07, 6.45) is 0. The molecule has 0 fully saturated rings. The van der Waals surface area contributed by atoms with Crippen molar-refractivity contribution >= 4 is 46.4 Å². The third-order valence-electron chi connectivity index (χ3n) is 1.33. The largest absolute Gasteiger partial charge is 1.00 e. The van der Waals surface area contributed by atoms with E-state index in [9.17, 15) is 5.26 Å². The van der Waals surface area contributed by atoms with Gasteiger partial charge in [-0.25, -0.2) is 0 Å². The fraction of sp³-hybridized carbons (Fsp3) is 0.250. The van der Waals surface area contributed by atoms with Crippen molar-refractivity contribution in [3.8, 4) is 0 Å². The number of alkyl halides is 1. The summed E-state index contributed by atoms with van der Waals surface area (Å²) < 4.78 is 5.32. The molecule has 0 amide bonds. The van der Waals surface area contributed by atoms with Gasteiger partial charge in [-0.15, -0.1) is 11.8 Å². The molecule has 1 aromatic carbocycles. The molecular weight excluding hydrogens is 358 g/mol. The Kier molecular flexibility index (Phi) is 11.8. The van der Waals surface area contributed by atoms with Crippen LogP contribution in [0.5, 0.6) is 0 Å². The minimum Gasteiger partial charge on any atom is -0.691 e. The van der Waals surface area contributed by atoms with Crippen LogP contribution in [0.2, 0.25) is 0 Å². The Morgan fingerprint density at radius 3 is 2.33 bits per heavy atom. The summed E-state index contributed by atoms with van der Waals surface area (Å²) in [5.74, 6) is 1.10. The van der Waals surface area contributed by atoms with E-state index in [1.807, 2.05) is 24.3 Å². The van der Waals surface area contributed by atoms with Crippen molar-refractivity contribution in [1.29, 1.82) is 0 Å². The van der Waals surface area contributed by atoms with Gasteiger partial charge >= 0.3 is 29.6 Å². The molecule has 0 aliphatic rings. The SMILES string of the molecule is [Na+].[O-]OOSc1ccc(SCCI)cc1. The maximum absolute atomic E-state index is 9.56. The van der Waals surface area contributed by atoms with Crippen molar-refractivity contribution in [1.82, 2.24) is 0 Å². The predicted octanol–water partition coefficient (Wildman–Crippen LogP) is -0.552. The van der Waals surface area contributed by atoms with Gasteiger partial charge in [-0.05, 0) is 24.3 Å². The van der Waals surface area contributed by atoms with Crippen LogP contribution in [0, 0.1) is 0 Å². The first-order valence-corrected chi connectivity index (χ1v) is 7.04. The minimum atomic E-state index is 0. The van der Waals surface area contributed by atoms with Gasteiger partial charge in [0.2, 0.25) is 0 Å². The molecule has 0 N–H and O–H groups in total. The third kappa shape index (κ3) is 7.45. The molecular formula is C8H8INaO3S2. The van der Waals surface area contributed by atoms with Crippen molar-refractivity contribution in [3.63, 3.8) is 0 Å². The van der Waals surface area contributed by atoms with E-state index in [-0.39, 0.29) is 29.6 Å². The second-order valence-electron chi connectivity index (χ2n) is 2.23. The van der Waals surface area contributed by atoms with E-state index in [0.717, 1.165) is 27.1 Å². The summed E-state index contributed by atoms with van der Waals surface area (Å²) in [6, 6.07) is 7.76. The van der Waals surface area contributed by atoms with E-state index in [0.29, 0.717) is 0 Å². The first-order valence-electron chi connectivity index (χ1n) is 3.79. The Bertz CT molecular complexity index is 234. The topological polar surface area (TPSA) is 41.5 Å². The molecule has 7 heteroatoms. The first kappa shape index (κ1) is 16.5. The fourth-order valence-corrected chi connectivity index (χ4v) is 2.46. The summed E-state index contributed by atoms with van der Waals surface area (Å²) in [6.45, 7) is 0. The molecule has 0 unspecified atom stereocenters. The molecule has 1 aromatic rings. The summed E-state index contributed by atoms with van der Waals surface area (Å²) in [5, 5.41) is 12.8. The minimum absolute atomic E-state index is 0. The Morgan fingerprint density at radius 1 is 1.20 bits per heavy atom. The number of benzene rings is 1. The quantitative estimate of drug-likeness (QED) is 0.129. The molecule has 0 atom stereocenters. The number of thioether (sulfide) groups is 1. The van der Waals surface area contributed by atoms with Crippen LogP contribution in [0.15, 0.2) is 34.1 Å². The second-order valence-corrected chi connectivity index (χ2v) is 5.25. The fourth-order valence-electron chi connectivity index (χ4n) is 0.801. The van der Waals surface area contributed by atoms with Crippen LogP contribution >= 0.6 is 46.4 Å². The maximum Gasteiger partial charge on any atom is 1.00 e. The molecule has 1 rings (SSSR count). The average molecular weight is 366 g/mol. The monoisotopic (exact) mass is 366 g/mol. The van der Waals surface area contributed by atoms with Crippen LogP contribution in [0.1, 0.15) is 0 Å². The summed E-state index contributed by atoms with van der Waals surface area (Å²) in [4.78, 5) is 2.06. The number of halogens is 1. The van der Waals surface area contributed by atoms with E-state index >= 15 is 0 Å². The summed E-state index contributed by atoms with van der Waals surface area (Å²) >= 11 is 5.05.